The molecule has 0 aliphatic heterocycles. The van der Waals surface area contributed by atoms with Gasteiger partial charge < -0.3 is 0 Å². The van der Waals surface area contributed by atoms with Gasteiger partial charge in [0.15, 0.2) is 5.78 Å². The third kappa shape index (κ3) is 2.05. The Kier molecular flexibility index (Phi) is 3.31. The Labute approximate surface area is 155 Å². The van der Waals surface area contributed by atoms with E-state index in [0.29, 0.717) is 24.0 Å². The predicted molar refractivity (Wildman–Crippen MR) is 104 cm³/mol. The summed E-state index contributed by atoms with van der Waals surface area (Å²) >= 11 is 0. The minimum Gasteiger partial charge on any atom is -0.295 e. The molecule has 0 bridgehead atoms. The van der Waals surface area contributed by atoms with Gasteiger partial charge in [-0.2, -0.15) is 0 Å². The Morgan fingerprint density at radius 2 is 2.08 bits per heavy atom. The van der Waals surface area contributed by atoms with Crippen molar-refractivity contribution in [3.8, 4) is 0 Å². The summed E-state index contributed by atoms with van der Waals surface area (Å²) in [4.78, 5) is 16.3. The lowest BCUT2D eigenvalue weighted by Gasteiger charge is -2.53. The molecule has 0 saturated heterocycles. The number of allylic oxidation sites excluding steroid dienone is 8. The fourth-order valence-electron chi connectivity index (χ4n) is 5.97. The zero-order valence-electron chi connectivity index (χ0n) is 15.5. The van der Waals surface area contributed by atoms with Crippen LogP contribution in [0.15, 0.2) is 66.1 Å². The van der Waals surface area contributed by atoms with Crippen molar-refractivity contribution in [1.82, 2.24) is 4.98 Å². The molecule has 132 valence electrons. The van der Waals surface area contributed by atoms with Crippen molar-refractivity contribution in [3.63, 3.8) is 0 Å². The van der Waals surface area contributed by atoms with Crippen molar-refractivity contribution in [2.24, 2.45) is 22.7 Å². The van der Waals surface area contributed by atoms with Crippen LogP contribution in [-0.2, 0) is 4.79 Å². The number of carbonyl (C=O) groups is 1. The first-order valence-electron chi connectivity index (χ1n) is 9.79. The second kappa shape index (κ2) is 5.39. The summed E-state index contributed by atoms with van der Waals surface area (Å²) in [6.07, 6.45) is 19.1. The summed E-state index contributed by atoms with van der Waals surface area (Å²) < 4.78 is 0. The maximum atomic E-state index is 11.9. The molecule has 0 amide bonds. The lowest BCUT2D eigenvalue weighted by atomic mass is 9.50. The highest BCUT2D eigenvalue weighted by Crippen LogP contribution is 2.63. The summed E-state index contributed by atoms with van der Waals surface area (Å²) in [7, 11) is 0. The number of hydrogen-bond acceptors (Lipinski definition) is 2. The molecular weight excluding hydrogens is 318 g/mol. The van der Waals surface area contributed by atoms with E-state index < -0.39 is 0 Å². The number of hydrogen-bond donors (Lipinski definition) is 0. The van der Waals surface area contributed by atoms with Gasteiger partial charge in [0.25, 0.3) is 0 Å². The zero-order chi connectivity index (χ0) is 17.9. The molecule has 0 unspecified atom stereocenters. The SMILES string of the molecule is C[C@]12CC[C@H]3[C@@H](C=CC4=CC(=O)CC[C@@]43C)C1=CC=C2c1cccnc1. The average molecular weight is 343 g/mol. The van der Waals surface area contributed by atoms with Gasteiger partial charge in [-0.15, -0.1) is 0 Å². The predicted octanol–water partition coefficient (Wildman–Crippen LogP) is 5.30. The molecule has 1 heterocycles. The first kappa shape index (κ1) is 16.0. The third-order valence-electron chi connectivity index (χ3n) is 7.55. The number of fused-ring (bicyclic) bond motifs is 5. The van der Waals surface area contributed by atoms with Gasteiger partial charge in [-0.05, 0) is 59.4 Å². The summed E-state index contributed by atoms with van der Waals surface area (Å²) in [6.45, 7) is 4.80. The van der Waals surface area contributed by atoms with Gasteiger partial charge in [-0.1, -0.05) is 49.8 Å². The highest BCUT2D eigenvalue weighted by atomic mass is 16.1. The highest BCUT2D eigenvalue weighted by molar-refractivity contribution is 5.92. The van der Waals surface area contributed by atoms with Gasteiger partial charge in [-0.25, -0.2) is 0 Å². The normalized spacial score (nSPS) is 37.9. The van der Waals surface area contributed by atoms with E-state index in [1.807, 2.05) is 24.5 Å². The minimum absolute atomic E-state index is 0.108. The summed E-state index contributed by atoms with van der Waals surface area (Å²) in [5.74, 6) is 1.38. The van der Waals surface area contributed by atoms with Crippen molar-refractivity contribution in [3.05, 3.63) is 71.6 Å². The van der Waals surface area contributed by atoms with Gasteiger partial charge in [0.1, 0.15) is 0 Å². The molecule has 0 radical (unpaired) electrons. The molecule has 5 rings (SSSR count). The maximum absolute atomic E-state index is 11.9. The Balaban J connectivity index is 1.54. The van der Waals surface area contributed by atoms with Crippen molar-refractivity contribution in [2.75, 3.05) is 0 Å². The molecule has 4 aliphatic carbocycles. The van der Waals surface area contributed by atoms with Crippen LogP contribution in [0.5, 0.6) is 0 Å². The van der Waals surface area contributed by atoms with E-state index in [1.165, 1.54) is 29.6 Å². The van der Waals surface area contributed by atoms with Gasteiger partial charge in [0.2, 0.25) is 0 Å². The van der Waals surface area contributed by atoms with Crippen LogP contribution in [0.4, 0.5) is 0 Å². The number of pyridine rings is 1. The molecule has 2 nitrogen and oxygen atoms in total. The largest absolute Gasteiger partial charge is 0.295 e. The zero-order valence-corrected chi connectivity index (χ0v) is 15.5. The first-order chi connectivity index (χ1) is 12.5. The van der Waals surface area contributed by atoms with Crippen LogP contribution in [0, 0.1) is 22.7 Å². The number of carbonyl (C=O) groups excluding carboxylic acids is 1. The van der Waals surface area contributed by atoms with E-state index in [1.54, 1.807) is 5.57 Å². The summed E-state index contributed by atoms with van der Waals surface area (Å²) in [6, 6.07) is 4.21. The van der Waals surface area contributed by atoms with Crippen LogP contribution < -0.4 is 0 Å². The second-order valence-electron chi connectivity index (χ2n) is 8.79. The van der Waals surface area contributed by atoms with Crippen molar-refractivity contribution in [2.45, 2.75) is 39.5 Å². The van der Waals surface area contributed by atoms with Crippen molar-refractivity contribution in [1.29, 1.82) is 0 Å². The highest BCUT2D eigenvalue weighted by Gasteiger charge is 2.53. The Morgan fingerprint density at radius 3 is 2.88 bits per heavy atom. The number of aromatic nitrogens is 1. The monoisotopic (exact) mass is 343 g/mol. The lowest BCUT2D eigenvalue weighted by Crippen LogP contribution is -2.45. The van der Waals surface area contributed by atoms with Crippen LogP contribution in [0.25, 0.3) is 5.57 Å². The van der Waals surface area contributed by atoms with Crippen LogP contribution >= 0.6 is 0 Å². The number of rotatable bonds is 1. The quantitative estimate of drug-likeness (QED) is 0.692. The standard InChI is InChI=1S/C24H25NO/c1-23-11-9-18(26)14-17(23)5-6-19-21-8-7-20(16-4-3-13-25-15-16)24(21,2)12-10-22(19)23/h3-8,13-15,19,22H,9-12H2,1-2H3/t19-,22-,23-,24+/m0/s1. The number of ketones is 1. The molecule has 1 fully saturated rings. The topological polar surface area (TPSA) is 30.0 Å². The molecule has 4 aliphatic rings. The Bertz CT molecular complexity index is 903. The molecule has 0 aromatic carbocycles. The summed E-state index contributed by atoms with van der Waals surface area (Å²) in [5.41, 5.74) is 5.73. The molecule has 1 aromatic heterocycles. The van der Waals surface area contributed by atoms with E-state index in [0.717, 1.165) is 6.42 Å². The first-order valence-corrected chi connectivity index (χ1v) is 9.79. The van der Waals surface area contributed by atoms with Gasteiger partial charge >= 0.3 is 0 Å². The van der Waals surface area contributed by atoms with Crippen LogP contribution in [-0.4, -0.2) is 10.8 Å². The van der Waals surface area contributed by atoms with Gasteiger partial charge in [0.05, 0.1) is 0 Å². The van der Waals surface area contributed by atoms with Gasteiger partial charge in [-0.3, -0.25) is 9.78 Å². The number of nitrogens with zero attached hydrogens (tertiary/aromatic N) is 1. The molecular formula is C24H25NO. The van der Waals surface area contributed by atoms with E-state index in [4.69, 9.17) is 0 Å². The van der Waals surface area contributed by atoms with Crippen molar-refractivity contribution >= 4 is 11.4 Å². The molecule has 1 saturated carbocycles. The smallest absolute Gasteiger partial charge is 0.156 e. The van der Waals surface area contributed by atoms with Crippen molar-refractivity contribution < 1.29 is 4.79 Å². The molecule has 1 aromatic rings. The fourth-order valence-corrected chi connectivity index (χ4v) is 5.97. The molecule has 0 spiro atoms. The average Bonchev–Trinajstić information content (AvgIpc) is 3.00. The molecule has 0 N–H and O–H groups in total. The lowest BCUT2D eigenvalue weighted by molar-refractivity contribution is -0.116. The Hall–Kier alpha value is -2.22. The molecule has 2 heteroatoms. The molecule has 26 heavy (non-hydrogen) atoms. The van der Waals surface area contributed by atoms with Crippen LogP contribution in [0.1, 0.15) is 45.1 Å². The van der Waals surface area contributed by atoms with Gasteiger partial charge in [0, 0.05) is 30.1 Å². The van der Waals surface area contributed by atoms with Crippen LogP contribution in [0.3, 0.4) is 0 Å². The second-order valence-corrected chi connectivity index (χ2v) is 8.79. The third-order valence-corrected chi connectivity index (χ3v) is 7.55. The molecule has 4 atom stereocenters. The van der Waals surface area contributed by atoms with Crippen LogP contribution in [0.2, 0.25) is 0 Å². The maximum Gasteiger partial charge on any atom is 0.156 e. The van der Waals surface area contributed by atoms with E-state index in [-0.39, 0.29) is 10.8 Å². The Morgan fingerprint density at radius 1 is 1.19 bits per heavy atom. The summed E-state index contributed by atoms with van der Waals surface area (Å²) in [5, 5.41) is 0. The van der Waals surface area contributed by atoms with E-state index in [2.05, 4.69) is 49.2 Å². The van der Waals surface area contributed by atoms with E-state index in [9.17, 15) is 4.79 Å². The fraction of sp³-hybridized carbons (Fsp3) is 0.417. The van der Waals surface area contributed by atoms with E-state index >= 15 is 0 Å². The minimum atomic E-state index is 0.108.